The lowest BCUT2D eigenvalue weighted by Gasteiger charge is -2.07. The van der Waals surface area contributed by atoms with E-state index in [4.69, 9.17) is 11.6 Å². The summed E-state index contributed by atoms with van der Waals surface area (Å²) in [5.41, 5.74) is 1.01. The van der Waals surface area contributed by atoms with Crippen molar-refractivity contribution < 1.29 is 0 Å². The maximum absolute atomic E-state index is 5.64. The minimum Gasteiger partial charge on any atom is -0.231 e. The summed E-state index contributed by atoms with van der Waals surface area (Å²) in [7, 11) is 0. The topological polar surface area (TPSA) is 25.8 Å². The molecular weight excluding hydrogens is 204 g/mol. The van der Waals surface area contributed by atoms with Crippen molar-refractivity contribution in [1.29, 1.82) is 0 Å². The van der Waals surface area contributed by atoms with Gasteiger partial charge in [0.05, 0.1) is 0 Å². The Morgan fingerprint density at radius 1 is 1.62 bits per heavy atom. The van der Waals surface area contributed by atoms with Gasteiger partial charge in [-0.1, -0.05) is 18.7 Å². The Morgan fingerprint density at radius 2 is 2.38 bits per heavy atom. The zero-order valence-electron chi connectivity index (χ0n) is 7.83. The predicted octanol–water partition coefficient (Wildman–Crippen LogP) is 2.89. The molecule has 1 atom stereocenters. The summed E-state index contributed by atoms with van der Waals surface area (Å²) >= 11 is 7.32. The lowest BCUT2D eigenvalue weighted by atomic mass is 10.4. The Morgan fingerprint density at radius 3 is 3.00 bits per heavy atom. The first-order valence-electron chi connectivity index (χ1n) is 4.24. The molecule has 1 aromatic rings. The third kappa shape index (κ3) is 3.96. The molecule has 72 valence electrons. The summed E-state index contributed by atoms with van der Waals surface area (Å²) in [4.78, 5) is 8.47. The van der Waals surface area contributed by atoms with Gasteiger partial charge in [-0.2, -0.15) is 0 Å². The van der Waals surface area contributed by atoms with E-state index in [0.29, 0.717) is 11.1 Å². The van der Waals surface area contributed by atoms with Crippen molar-refractivity contribution in [2.75, 3.05) is 5.88 Å². The van der Waals surface area contributed by atoms with Gasteiger partial charge in [0.15, 0.2) is 5.16 Å². The normalized spacial score (nSPS) is 12.8. The fourth-order valence-electron chi connectivity index (χ4n) is 0.875. The van der Waals surface area contributed by atoms with Crippen LogP contribution in [0.4, 0.5) is 0 Å². The van der Waals surface area contributed by atoms with Crippen LogP contribution < -0.4 is 0 Å². The van der Waals surface area contributed by atoms with Gasteiger partial charge in [0.2, 0.25) is 0 Å². The van der Waals surface area contributed by atoms with Gasteiger partial charge in [0.1, 0.15) is 0 Å². The van der Waals surface area contributed by atoms with Gasteiger partial charge in [-0.05, 0) is 19.4 Å². The number of rotatable bonds is 4. The molecule has 2 nitrogen and oxygen atoms in total. The van der Waals surface area contributed by atoms with Crippen molar-refractivity contribution in [3.05, 3.63) is 18.0 Å². The van der Waals surface area contributed by atoms with Crippen LogP contribution in [0.3, 0.4) is 0 Å². The highest BCUT2D eigenvalue weighted by molar-refractivity contribution is 7.99. The van der Waals surface area contributed by atoms with Gasteiger partial charge >= 0.3 is 0 Å². The zero-order chi connectivity index (χ0) is 9.68. The fraction of sp³-hybridized carbons (Fsp3) is 0.556. The molecule has 0 saturated heterocycles. The van der Waals surface area contributed by atoms with Crippen molar-refractivity contribution in [3.8, 4) is 0 Å². The molecule has 13 heavy (non-hydrogen) atoms. The number of nitrogens with zero attached hydrogens (tertiary/aromatic N) is 2. The average Bonchev–Trinajstić information content (AvgIpc) is 2.04. The molecule has 0 spiro atoms. The summed E-state index contributed by atoms with van der Waals surface area (Å²) < 4.78 is 0. The molecule has 0 aliphatic rings. The molecule has 1 unspecified atom stereocenters. The molecule has 0 radical (unpaired) electrons. The second-order valence-electron chi connectivity index (χ2n) is 2.89. The first-order chi connectivity index (χ1) is 6.22. The van der Waals surface area contributed by atoms with Crippen molar-refractivity contribution in [2.24, 2.45) is 0 Å². The Kier molecular flexibility index (Phi) is 4.53. The maximum atomic E-state index is 5.64. The minimum atomic E-state index is 0.485. The van der Waals surface area contributed by atoms with E-state index >= 15 is 0 Å². The van der Waals surface area contributed by atoms with E-state index in [9.17, 15) is 0 Å². The molecule has 1 heterocycles. The van der Waals surface area contributed by atoms with Crippen LogP contribution in [0.2, 0.25) is 0 Å². The number of hydrogen-bond acceptors (Lipinski definition) is 3. The Bertz CT molecular complexity index is 268. The predicted molar refractivity (Wildman–Crippen MR) is 57.4 cm³/mol. The summed E-state index contributed by atoms with van der Waals surface area (Å²) in [5.74, 6) is 0.694. The number of hydrogen-bond donors (Lipinski definition) is 0. The largest absolute Gasteiger partial charge is 0.231 e. The van der Waals surface area contributed by atoms with Crippen LogP contribution in [0.1, 0.15) is 19.0 Å². The first-order valence-corrected chi connectivity index (χ1v) is 5.66. The highest BCUT2D eigenvalue weighted by Crippen LogP contribution is 2.21. The van der Waals surface area contributed by atoms with E-state index in [1.165, 1.54) is 0 Å². The van der Waals surface area contributed by atoms with Gasteiger partial charge in [-0.15, -0.1) is 11.6 Å². The second kappa shape index (κ2) is 5.45. The van der Waals surface area contributed by atoms with Crippen LogP contribution in [-0.4, -0.2) is 21.1 Å². The Hall–Kier alpha value is -0.280. The summed E-state index contributed by atoms with van der Waals surface area (Å²) in [5, 5.41) is 1.33. The maximum Gasteiger partial charge on any atom is 0.187 e. The van der Waals surface area contributed by atoms with Crippen LogP contribution >= 0.6 is 23.4 Å². The van der Waals surface area contributed by atoms with Crippen LogP contribution in [0.5, 0.6) is 0 Å². The number of halogens is 1. The third-order valence-electron chi connectivity index (χ3n) is 1.59. The molecule has 1 aromatic heterocycles. The molecule has 0 aromatic carbocycles. The average molecular weight is 217 g/mol. The first kappa shape index (κ1) is 10.8. The molecule has 0 fully saturated rings. The molecule has 0 saturated carbocycles. The van der Waals surface area contributed by atoms with Gasteiger partial charge in [-0.3, -0.25) is 0 Å². The Balaban J connectivity index is 2.53. The van der Waals surface area contributed by atoms with Crippen molar-refractivity contribution in [1.82, 2.24) is 9.97 Å². The minimum absolute atomic E-state index is 0.485. The fourth-order valence-corrected chi connectivity index (χ4v) is 2.25. The molecule has 0 aliphatic carbocycles. The van der Waals surface area contributed by atoms with Crippen molar-refractivity contribution in [2.45, 2.75) is 30.7 Å². The molecule has 0 N–H and O–H groups in total. The Labute approximate surface area is 88.1 Å². The molecular formula is C9H13ClN2S. The lowest BCUT2D eigenvalue weighted by Crippen LogP contribution is -1.99. The summed E-state index contributed by atoms with van der Waals surface area (Å²) in [6.07, 6.45) is 2.78. The lowest BCUT2D eigenvalue weighted by molar-refractivity contribution is 0.880. The van der Waals surface area contributed by atoms with Gasteiger partial charge < -0.3 is 0 Å². The van der Waals surface area contributed by atoms with Gasteiger partial charge in [0.25, 0.3) is 0 Å². The van der Waals surface area contributed by atoms with E-state index in [1.807, 2.05) is 13.0 Å². The second-order valence-corrected chi connectivity index (χ2v) is 4.67. The summed E-state index contributed by atoms with van der Waals surface area (Å²) in [6, 6.07) is 1.90. The van der Waals surface area contributed by atoms with Crippen LogP contribution in [0, 0.1) is 6.92 Å². The molecule has 4 heteroatoms. The third-order valence-corrected chi connectivity index (χ3v) is 2.86. The van der Waals surface area contributed by atoms with Crippen LogP contribution in [-0.2, 0) is 0 Å². The van der Waals surface area contributed by atoms with E-state index in [2.05, 4.69) is 16.9 Å². The summed E-state index contributed by atoms with van der Waals surface area (Å²) in [6.45, 7) is 4.11. The van der Waals surface area contributed by atoms with Gasteiger partial charge in [-0.25, -0.2) is 9.97 Å². The molecule has 1 rings (SSSR count). The van der Waals surface area contributed by atoms with Crippen LogP contribution in [0.15, 0.2) is 17.4 Å². The monoisotopic (exact) mass is 216 g/mol. The van der Waals surface area contributed by atoms with Gasteiger partial charge in [0, 0.05) is 23.0 Å². The smallest absolute Gasteiger partial charge is 0.187 e. The quantitative estimate of drug-likeness (QED) is 0.440. The van der Waals surface area contributed by atoms with E-state index in [0.717, 1.165) is 17.3 Å². The highest BCUT2D eigenvalue weighted by atomic mass is 35.5. The number of thioether (sulfide) groups is 1. The SMILES string of the molecule is Cc1ccnc(SC(C)CCCl)n1. The van der Waals surface area contributed by atoms with Crippen molar-refractivity contribution >= 4 is 23.4 Å². The molecule has 0 amide bonds. The molecule has 0 aliphatic heterocycles. The highest BCUT2D eigenvalue weighted by Gasteiger charge is 2.05. The van der Waals surface area contributed by atoms with E-state index in [-0.39, 0.29) is 0 Å². The standard InChI is InChI=1S/C9H13ClN2S/c1-7-4-6-11-9(12-7)13-8(2)3-5-10/h4,6,8H,3,5H2,1-2H3. The zero-order valence-corrected chi connectivity index (χ0v) is 9.40. The molecule has 0 bridgehead atoms. The number of aryl methyl sites for hydroxylation is 1. The van der Waals surface area contributed by atoms with E-state index in [1.54, 1.807) is 18.0 Å². The van der Waals surface area contributed by atoms with E-state index < -0.39 is 0 Å². The number of aromatic nitrogens is 2. The number of alkyl halides is 1. The van der Waals surface area contributed by atoms with Crippen molar-refractivity contribution in [3.63, 3.8) is 0 Å². The van der Waals surface area contributed by atoms with Crippen LogP contribution in [0.25, 0.3) is 0 Å².